The van der Waals surface area contributed by atoms with Crippen LogP contribution in [0.1, 0.15) is 11.1 Å². The first-order valence-electron chi connectivity index (χ1n) is 9.49. The number of non-ortho nitro benzene ring substituents is 1. The van der Waals surface area contributed by atoms with Crippen LogP contribution in [0.5, 0.6) is 5.88 Å². The van der Waals surface area contributed by atoms with Gasteiger partial charge in [0.1, 0.15) is 0 Å². The predicted molar refractivity (Wildman–Crippen MR) is 113 cm³/mol. The summed E-state index contributed by atoms with van der Waals surface area (Å²) in [6.07, 6.45) is 2.18. The van der Waals surface area contributed by atoms with Gasteiger partial charge in [0.15, 0.2) is 11.2 Å². The van der Waals surface area contributed by atoms with E-state index in [0.717, 1.165) is 11.1 Å². The Hall–Kier alpha value is -4.34. The SMILES string of the molecule is O=C(Cc1ccccc1)Nc1nc(OCCc2ccc([N+](=O)[O-])cc2)c2nc[nH]c2n1. The molecule has 2 heterocycles. The fourth-order valence-electron chi connectivity index (χ4n) is 2.97. The van der Waals surface area contributed by atoms with Crippen molar-refractivity contribution in [3.05, 3.63) is 82.2 Å². The lowest BCUT2D eigenvalue weighted by Crippen LogP contribution is -2.17. The van der Waals surface area contributed by atoms with E-state index in [1.54, 1.807) is 12.1 Å². The number of benzene rings is 2. The number of H-pyrrole nitrogens is 1. The third-order valence-corrected chi connectivity index (χ3v) is 4.48. The molecule has 156 valence electrons. The Morgan fingerprint density at radius 3 is 2.58 bits per heavy atom. The first kappa shape index (κ1) is 20.0. The monoisotopic (exact) mass is 418 g/mol. The number of carbonyl (C=O) groups is 1. The van der Waals surface area contributed by atoms with Crippen LogP contribution >= 0.6 is 0 Å². The molecule has 0 radical (unpaired) electrons. The second-order valence-electron chi connectivity index (χ2n) is 6.68. The summed E-state index contributed by atoms with van der Waals surface area (Å²) in [4.78, 5) is 38.3. The van der Waals surface area contributed by atoms with Crippen molar-refractivity contribution < 1.29 is 14.5 Å². The average molecular weight is 418 g/mol. The van der Waals surface area contributed by atoms with E-state index in [1.165, 1.54) is 18.5 Å². The number of aromatic nitrogens is 4. The van der Waals surface area contributed by atoms with Gasteiger partial charge < -0.3 is 9.72 Å². The molecule has 2 aromatic carbocycles. The van der Waals surface area contributed by atoms with Crippen LogP contribution in [0.2, 0.25) is 0 Å². The smallest absolute Gasteiger partial charge is 0.269 e. The van der Waals surface area contributed by atoms with Crippen LogP contribution in [0.25, 0.3) is 11.2 Å². The van der Waals surface area contributed by atoms with Crippen LogP contribution in [0, 0.1) is 10.1 Å². The molecule has 0 spiro atoms. The van der Waals surface area contributed by atoms with Gasteiger partial charge in [0.05, 0.1) is 24.3 Å². The van der Waals surface area contributed by atoms with Crippen molar-refractivity contribution in [2.75, 3.05) is 11.9 Å². The lowest BCUT2D eigenvalue weighted by atomic mass is 10.1. The number of rotatable bonds is 8. The molecule has 1 amide bonds. The molecule has 10 heteroatoms. The van der Waals surface area contributed by atoms with Gasteiger partial charge in [-0.1, -0.05) is 42.5 Å². The minimum atomic E-state index is -0.441. The molecule has 2 aromatic heterocycles. The number of nitro groups is 1. The van der Waals surface area contributed by atoms with Crippen LogP contribution in [0.15, 0.2) is 60.9 Å². The molecule has 0 aliphatic heterocycles. The van der Waals surface area contributed by atoms with E-state index >= 15 is 0 Å². The molecule has 31 heavy (non-hydrogen) atoms. The molecule has 0 bridgehead atoms. The molecule has 0 saturated carbocycles. The van der Waals surface area contributed by atoms with Crippen molar-refractivity contribution in [3.8, 4) is 5.88 Å². The Bertz CT molecular complexity index is 1210. The Morgan fingerprint density at radius 1 is 1.06 bits per heavy atom. The second-order valence-corrected chi connectivity index (χ2v) is 6.68. The molecular formula is C21H18N6O4. The van der Waals surface area contributed by atoms with Crippen molar-refractivity contribution in [2.45, 2.75) is 12.8 Å². The minimum Gasteiger partial charge on any atom is -0.476 e. The summed E-state index contributed by atoms with van der Waals surface area (Å²) in [5.74, 6) is 0.105. The predicted octanol–water partition coefficient (Wildman–Crippen LogP) is 3.06. The van der Waals surface area contributed by atoms with Crippen LogP contribution in [-0.4, -0.2) is 37.4 Å². The number of aromatic amines is 1. The first-order valence-corrected chi connectivity index (χ1v) is 9.49. The van der Waals surface area contributed by atoms with Gasteiger partial charge in [-0.05, 0) is 11.1 Å². The van der Waals surface area contributed by atoms with E-state index in [0.29, 0.717) is 17.6 Å². The second kappa shape index (κ2) is 8.99. The van der Waals surface area contributed by atoms with Gasteiger partial charge in [-0.3, -0.25) is 20.2 Å². The highest BCUT2D eigenvalue weighted by atomic mass is 16.6. The first-order chi connectivity index (χ1) is 15.1. The number of anilines is 1. The lowest BCUT2D eigenvalue weighted by molar-refractivity contribution is -0.384. The van der Waals surface area contributed by atoms with Gasteiger partial charge in [-0.25, -0.2) is 4.98 Å². The summed E-state index contributed by atoms with van der Waals surface area (Å²) in [5.41, 5.74) is 2.69. The van der Waals surface area contributed by atoms with E-state index in [1.807, 2.05) is 30.3 Å². The van der Waals surface area contributed by atoms with Gasteiger partial charge in [-0.15, -0.1) is 0 Å². The number of nitro benzene ring substituents is 1. The van der Waals surface area contributed by atoms with Crippen molar-refractivity contribution in [3.63, 3.8) is 0 Å². The molecule has 0 atom stereocenters. The summed E-state index contributed by atoms with van der Waals surface area (Å²) < 4.78 is 5.78. The number of imidazole rings is 1. The highest BCUT2D eigenvalue weighted by Crippen LogP contribution is 2.21. The summed E-state index contributed by atoms with van der Waals surface area (Å²) >= 11 is 0. The van der Waals surface area contributed by atoms with E-state index in [9.17, 15) is 14.9 Å². The third-order valence-electron chi connectivity index (χ3n) is 4.48. The topological polar surface area (TPSA) is 136 Å². The number of amides is 1. The Balaban J connectivity index is 1.43. The number of nitrogens with one attached hydrogen (secondary N) is 2. The zero-order valence-corrected chi connectivity index (χ0v) is 16.3. The fourth-order valence-corrected chi connectivity index (χ4v) is 2.97. The maximum absolute atomic E-state index is 12.3. The standard InChI is InChI=1S/C21H18N6O4/c28-17(12-15-4-2-1-3-5-15)24-21-25-19-18(22-13-23-19)20(26-21)31-11-10-14-6-8-16(9-7-14)27(29)30/h1-9,13H,10-12H2,(H2,22,23,24,25,26,28). The number of hydrogen-bond acceptors (Lipinski definition) is 7. The molecule has 4 rings (SSSR count). The number of carbonyl (C=O) groups excluding carboxylic acids is 1. The van der Waals surface area contributed by atoms with Crippen molar-refractivity contribution in [2.24, 2.45) is 0 Å². The maximum Gasteiger partial charge on any atom is 0.269 e. The quantitative estimate of drug-likeness (QED) is 0.331. The van der Waals surface area contributed by atoms with Crippen LogP contribution < -0.4 is 10.1 Å². The number of fused-ring (bicyclic) bond motifs is 1. The fraction of sp³-hybridized carbons (Fsp3) is 0.143. The maximum atomic E-state index is 12.3. The Kier molecular flexibility index (Phi) is 5.79. The largest absolute Gasteiger partial charge is 0.476 e. The zero-order chi connectivity index (χ0) is 21.6. The van der Waals surface area contributed by atoms with Gasteiger partial charge >= 0.3 is 0 Å². The summed E-state index contributed by atoms with van der Waals surface area (Å²) in [6, 6.07) is 15.6. The van der Waals surface area contributed by atoms with Crippen molar-refractivity contribution in [1.82, 2.24) is 19.9 Å². The average Bonchev–Trinajstić information content (AvgIpc) is 3.23. The summed E-state index contributed by atoms with van der Waals surface area (Å²) in [6.45, 7) is 0.272. The number of nitrogens with zero attached hydrogens (tertiary/aromatic N) is 4. The molecule has 0 aliphatic rings. The Morgan fingerprint density at radius 2 is 1.84 bits per heavy atom. The van der Waals surface area contributed by atoms with Gasteiger partial charge in [0.2, 0.25) is 17.7 Å². The molecule has 2 N–H and O–H groups in total. The van der Waals surface area contributed by atoms with Crippen LogP contribution in [0.4, 0.5) is 11.6 Å². The van der Waals surface area contributed by atoms with Gasteiger partial charge in [0, 0.05) is 18.6 Å². The van der Waals surface area contributed by atoms with Gasteiger partial charge in [-0.2, -0.15) is 9.97 Å². The van der Waals surface area contributed by atoms with E-state index in [-0.39, 0.29) is 36.5 Å². The zero-order valence-electron chi connectivity index (χ0n) is 16.3. The molecule has 0 saturated heterocycles. The minimum absolute atomic E-state index is 0.0367. The highest BCUT2D eigenvalue weighted by molar-refractivity contribution is 5.91. The number of ether oxygens (including phenoxy) is 1. The lowest BCUT2D eigenvalue weighted by Gasteiger charge is -2.09. The van der Waals surface area contributed by atoms with E-state index in [4.69, 9.17) is 4.74 Å². The van der Waals surface area contributed by atoms with Crippen LogP contribution in [0.3, 0.4) is 0 Å². The number of hydrogen-bond donors (Lipinski definition) is 2. The normalized spacial score (nSPS) is 10.7. The molecule has 0 aliphatic carbocycles. The summed E-state index contributed by atoms with van der Waals surface area (Å²) in [5, 5.41) is 13.4. The molecule has 0 unspecified atom stereocenters. The van der Waals surface area contributed by atoms with E-state index < -0.39 is 4.92 Å². The van der Waals surface area contributed by atoms with Crippen molar-refractivity contribution in [1.29, 1.82) is 0 Å². The Labute approximate surface area is 176 Å². The molecular weight excluding hydrogens is 400 g/mol. The molecule has 0 fully saturated rings. The van der Waals surface area contributed by atoms with Crippen molar-refractivity contribution >= 4 is 28.7 Å². The van der Waals surface area contributed by atoms with Gasteiger partial charge in [0.25, 0.3) is 5.69 Å². The van der Waals surface area contributed by atoms with E-state index in [2.05, 4.69) is 25.3 Å². The van der Waals surface area contributed by atoms with Crippen LogP contribution in [-0.2, 0) is 17.6 Å². The molecule has 10 nitrogen and oxygen atoms in total. The summed E-state index contributed by atoms with van der Waals surface area (Å²) in [7, 11) is 0. The third kappa shape index (κ3) is 4.99. The molecule has 4 aromatic rings. The highest BCUT2D eigenvalue weighted by Gasteiger charge is 2.14.